The molecule has 0 saturated heterocycles. The largest absolute Gasteiger partial charge is 0.496 e. The third-order valence-electron chi connectivity index (χ3n) is 3.87. The van der Waals surface area contributed by atoms with Crippen molar-refractivity contribution in [3.8, 4) is 5.75 Å². The van der Waals surface area contributed by atoms with E-state index in [0.717, 1.165) is 19.3 Å². The van der Waals surface area contributed by atoms with Crippen LogP contribution in [0.3, 0.4) is 0 Å². The maximum atomic E-state index is 14.4. The van der Waals surface area contributed by atoms with E-state index in [-0.39, 0.29) is 16.3 Å². The van der Waals surface area contributed by atoms with E-state index >= 15 is 0 Å². The molecule has 104 valence electrons. The normalized spacial score (nSPS) is 18.1. The molecule has 19 heavy (non-hydrogen) atoms. The van der Waals surface area contributed by atoms with Crippen LogP contribution in [0.25, 0.3) is 0 Å². The van der Waals surface area contributed by atoms with Crippen molar-refractivity contribution < 1.29 is 19.0 Å². The second-order valence-electron chi connectivity index (χ2n) is 4.89. The van der Waals surface area contributed by atoms with Crippen LogP contribution in [0.5, 0.6) is 5.75 Å². The van der Waals surface area contributed by atoms with Gasteiger partial charge in [0.15, 0.2) is 0 Å². The molecule has 1 aliphatic rings. The highest BCUT2D eigenvalue weighted by Gasteiger charge is 2.45. The van der Waals surface area contributed by atoms with Crippen LogP contribution in [-0.2, 0) is 10.2 Å². The van der Waals surface area contributed by atoms with Crippen LogP contribution in [-0.4, -0.2) is 18.2 Å². The predicted octanol–water partition coefficient (Wildman–Crippen LogP) is 3.77. The zero-order valence-electron chi connectivity index (χ0n) is 10.7. The number of carboxylic acids is 1. The number of hydrogen-bond acceptors (Lipinski definition) is 2. The lowest BCUT2D eigenvalue weighted by atomic mass is 9.69. The molecule has 1 aromatic rings. The zero-order chi connectivity index (χ0) is 14.0. The van der Waals surface area contributed by atoms with E-state index in [1.165, 1.54) is 19.2 Å². The summed E-state index contributed by atoms with van der Waals surface area (Å²) in [5.41, 5.74) is -1.13. The number of aliphatic carboxylic acids is 1. The van der Waals surface area contributed by atoms with Crippen LogP contribution in [0.4, 0.5) is 4.39 Å². The molecule has 1 saturated carbocycles. The summed E-state index contributed by atoms with van der Waals surface area (Å²) < 4.78 is 19.5. The maximum absolute atomic E-state index is 14.4. The van der Waals surface area contributed by atoms with Gasteiger partial charge in [0.05, 0.1) is 17.5 Å². The monoisotopic (exact) mass is 286 g/mol. The molecular weight excluding hydrogens is 271 g/mol. The molecular formula is C14H16ClFO3. The second kappa shape index (κ2) is 5.37. The summed E-state index contributed by atoms with van der Waals surface area (Å²) in [7, 11) is 1.41. The standard InChI is InChI=1S/C14H16ClFO3/c1-19-10-6-5-9(15)12(16)11(10)14(13(17)18)7-3-2-4-8-14/h5-6H,2-4,7-8H2,1H3,(H,17,18). The Kier molecular flexibility index (Phi) is 3.99. The van der Waals surface area contributed by atoms with Crippen LogP contribution in [0, 0.1) is 5.82 Å². The fourth-order valence-corrected chi connectivity index (χ4v) is 3.03. The molecule has 1 N–H and O–H groups in total. The molecule has 0 heterocycles. The molecule has 1 aromatic carbocycles. The average molecular weight is 287 g/mol. The lowest BCUT2D eigenvalue weighted by Gasteiger charge is -2.34. The van der Waals surface area contributed by atoms with Crippen LogP contribution < -0.4 is 4.74 Å². The molecule has 1 fully saturated rings. The fourth-order valence-electron chi connectivity index (χ4n) is 2.88. The van der Waals surface area contributed by atoms with E-state index in [1.807, 2.05) is 0 Å². The molecule has 0 spiro atoms. The van der Waals surface area contributed by atoms with Gasteiger partial charge in [0.2, 0.25) is 0 Å². The van der Waals surface area contributed by atoms with Crippen molar-refractivity contribution in [1.82, 2.24) is 0 Å². The van der Waals surface area contributed by atoms with E-state index in [1.54, 1.807) is 0 Å². The minimum Gasteiger partial charge on any atom is -0.496 e. The number of methoxy groups -OCH3 is 1. The SMILES string of the molecule is COc1ccc(Cl)c(F)c1C1(C(=O)O)CCCCC1. The van der Waals surface area contributed by atoms with Crippen molar-refractivity contribution in [3.05, 3.63) is 28.5 Å². The minimum atomic E-state index is -1.22. The fraction of sp³-hybridized carbons (Fsp3) is 0.500. The molecule has 0 aromatic heterocycles. The Morgan fingerprint density at radius 1 is 1.37 bits per heavy atom. The van der Waals surface area contributed by atoms with Gasteiger partial charge >= 0.3 is 5.97 Å². The van der Waals surface area contributed by atoms with Gasteiger partial charge in [-0.15, -0.1) is 0 Å². The highest BCUT2D eigenvalue weighted by Crippen LogP contribution is 2.46. The van der Waals surface area contributed by atoms with E-state index in [2.05, 4.69) is 0 Å². The van der Waals surface area contributed by atoms with Gasteiger partial charge in [-0.1, -0.05) is 30.9 Å². The minimum absolute atomic E-state index is 0.0676. The van der Waals surface area contributed by atoms with Crippen molar-refractivity contribution >= 4 is 17.6 Å². The topological polar surface area (TPSA) is 46.5 Å². The number of carboxylic acid groups (broad SMARTS) is 1. The van der Waals surface area contributed by atoms with Crippen LogP contribution in [0.2, 0.25) is 5.02 Å². The molecule has 3 nitrogen and oxygen atoms in total. The quantitative estimate of drug-likeness (QED) is 0.920. The Morgan fingerprint density at radius 3 is 2.53 bits per heavy atom. The van der Waals surface area contributed by atoms with Crippen molar-refractivity contribution in [2.45, 2.75) is 37.5 Å². The zero-order valence-corrected chi connectivity index (χ0v) is 11.5. The number of carbonyl (C=O) groups is 1. The Labute approximate surface area is 116 Å². The van der Waals surface area contributed by atoms with Gasteiger partial charge < -0.3 is 9.84 Å². The molecule has 0 radical (unpaired) electrons. The molecule has 0 atom stereocenters. The smallest absolute Gasteiger partial charge is 0.314 e. The summed E-state index contributed by atoms with van der Waals surface area (Å²) in [6, 6.07) is 2.91. The first-order valence-electron chi connectivity index (χ1n) is 6.29. The Bertz CT molecular complexity index is 496. The first-order valence-corrected chi connectivity index (χ1v) is 6.66. The molecule has 0 aliphatic heterocycles. The van der Waals surface area contributed by atoms with Crippen molar-refractivity contribution in [2.75, 3.05) is 7.11 Å². The van der Waals surface area contributed by atoms with Gasteiger partial charge in [-0.05, 0) is 25.0 Å². The highest BCUT2D eigenvalue weighted by molar-refractivity contribution is 6.30. The molecule has 2 rings (SSSR count). The van der Waals surface area contributed by atoms with Gasteiger partial charge in [0, 0.05) is 5.56 Å². The molecule has 5 heteroatoms. The Balaban J connectivity index is 2.65. The van der Waals surface area contributed by atoms with Crippen LogP contribution in [0.1, 0.15) is 37.7 Å². The Morgan fingerprint density at radius 2 is 2.00 bits per heavy atom. The van der Waals surface area contributed by atoms with Crippen molar-refractivity contribution in [3.63, 3.8) is 0 Å². The summed E-state index contributed by atoms with van der Waals surface area (Å²) in [6.07, 6.45) is 3.33. The average Bonchev–Trinajstić information content (AvgIpc) is 2.42. The van der Waals surface area contributed by atoms with Gasteiger partial charge in [0.25, 0.3) is 0 Å². The summed E-state index contributed by atoms with van der Waals surface area (Å²) in [5.74, 6) is -1.43. The van der Waals surface area contributed by atoms with Gasteiger partial charge in [-0.25, -0.2) is 4.39 Å². The lowest BCUT2D eigenvalue weighted by Crippen LogP contribution is -2.39. The summed E-state index contributed by atoms with van der Waals surface area (Å²) >= 11 is 5.81. The van der Waals surface area contributed by atoms with E-state index in [0.29, 0.717) is 12.8 Å². The predicted molar refractivity (Wildman–Crippen MR) is 70.4 cm³/mol. The molecule has 0 bridgehead atoms. The number of ether oxygens (including phenoxy) is 1. The summed E-state index contributed by atoms with van der Waals surface area (Å²) in [4.78, 5) is 11.7. The summed E-state index contributed by atoms with van der Waals surface area (Å²) in [6.45, 7) is 0. The highest BCUT2D eigenvalue weighted by atomic mass is 35.5. The van der Waals surface area contributed by atoms with E-state index in [9.17, 15) is 14.3 Å². The number of halogens is 2. The first kappa shape index (κ1) is 14.1. The number of benzene rings is 1. The molecule has 1 aliphatic carbocycles. The Hall–Kier alpha value is -1.29. The third-order valence-corrected chi connectivity index (χ3v) is 4.16. The third kappa shape index (κ3) is 2.29. The van der Waals surface area contributed by atoms with Crippen molar-refractivity contribution in [2.24, 2.45) is 0 Å². The van der Waals surface area contributed by atoms with Crippen molar-refractivity contribution in [1.29, 1.82) is 0 Å². The first-order chi connectivity index (χ1) is 9.03. The van der Waals surface area contributed by atoms with Gasteiger partial charge in [-0.2, -0.15) is 0 Å². The molecule has 0 unspecified atom stereocenters. The van der Waals surface area contributed by atoms with Gasteiger partial charge in [-0.3, -0.25) is 4.79 Å². The van der Waals surface area contributed by atoms with E-state index in [4.69, 9.17) is 16.3 Å². The maximum Gasteiger partial charge on any atom is 0.314 e. The summed E-state index contributed by atoms with van der Waals surface area (Å²) in [5, 5.41) is 9.54. The number of hydrogen-bond donors (Lipinski definition) is 1. The van der Waals surface area contributed by atoms with Gasteiger partial charge in [0.1, 0.15) is 11.6 Å². The lowest BCUT2D eigenvalue weighted by molar-refractivity contribution is -0.145. The second-order valence-corrected chi connectivity index (χ2v) is 5.29. The number of rotatable bonds is 3. The van der Waals surface area contributed by atoms with Crippen LogP contribution >= 0.6 is 11.6 Å². The van der Waals surface area contributed by atoms with E-state index < -0.39 is 17.2 Å². The molecule has 0 amide bonds. The van der Waals surface area contributed by atoms with Crippen LogP contribution in [0.15, 0.2) is 12.1 Å².